The highest BCUT2D eigenvalue weighted by molar-refractivity contribution is 5.89. The molecule has 1 fully saturated rings. The molecule has 1 aliphatic carbocycles. The first-order valence-electron chi connectivity index (χ1n) is 13.6. The number of carbonyl (C=O) groups is 1. The molecule has 0 radical (unpaired) electrons. The van der Waals surface area contributed by atoms with Gasteiger partial charge in [0.25, 0.3) is 0 Å². The summed E-state index contributed by atoms with van der Waals surface area (Å²) in [6, 6.07) is 15.0. The van der Waals surface area contributed by atoms with Crippen molar-refractivity contribution < 1.29 is 27.4 Å². The molecule has 1 saturated carbocycles. The van der Waals surface area contributed by atoms with Crippen LogP contribution in [0.1, 0.15) is 86.2 Å². The Labute approximate surface area is 223 Å². The maximum atomic E-state index is 15.2. The van der Waals surface area contributed by atoms with E-state index >= 15 is 8.78 Å². The Hall–Kier alpha value is -3.28. The van der Waals surface area contributed by atoms with E-state index in [2.05, 4.69) is 6.92 Å². The molecule has 0 aliphatic heterocycles. The molecule has 0 bridgehead atoms. The quantitative estimate of drug-likeness (QED) is 0.196. The fourth-order valence-corrected chi connectivity index (χ4v) is 5.14. The van der Waals surface area contributed by atoms with Crippen molar-refractivity contribution in [2.24, 2.45) is 0 Å². The molecule has 4 rings (SSSR count). The number of carbonyl (C=O) groups excluding carboxylic acids is 1. The van der Waals surface area contributed by atoms with Crippen molar-refractivity contribution in [2.45, 2.75) is 77.2 Å². The van der Waals surface area contributed by atoms with Crippen molar-refractivity contribution in [1.29, 1.82) is 0 Å². The van der Waals surface area contributed by atoms with E-state index in [1.54, 1.807) is 19.1 Å². The van der Waals surface area contributed by atoms with Gasteiger partial charge in [0.2, 0.25) is 0 Å². The molecular weight excluding hydrogens is 489 g/mol. The number of halogens is 3. The smallest absolute Gasteiger partial charge is 0.338 e. The van der Waals surface area contributed by atoms with Crippen molar-refractivity contribution in [3.63, 3.8) is 0 Å². The minimum absolute atomic E-state index is 0.0873. The van der Waals surface area contributed by atoms with Crippen LogP contribution in [0, 0.1) is 17.5 Å². The lowest BCUT2D eigenvalue weighted by Gasteiger charge is -2.29. The molecule has 0 atom stereocenters. The zero-order valence-corrected chi connectivity index (χ0v) is 22.1. The minimum atomic E-state index is -0.827. The first-order valence-corrected chi connectivity index (χ1v) is 13.6. The van der Waals surface area contributed by atoms with E-state index in [9.17, 15) is 9.18 Å². The second kappa shape index (κ2) is 13.0. The molecule has 0 aromatic heterocycles. The topological polar surface area (TPSA) is 35.5 Å². The summed E-state index contributed by atoms with van der Waals surface area (Å²) in [6.07, 6.45) is 6.28. The molecule has 202 valence electrons. The normalized spacial score (nSPS) is 17.3. The van der Waals surface area contributed by atoms with Gasteiger partial charge in [-0.25, -0.2) is 18.0 Å². The number of aryl methyl sites for hydroxylation is 1. The van der Waals surface area contributed by atoms with Crippen LogP contribution in [0.3, 0.4) is 0 Å². The van der Waals surface area contributed by atoms with E-state index in [-0.39, 0.29) is 28.9 Å². The van der Waals surface area contributed by atoms with Gasteiger partial charge in [0.1, 0.15) is 6.10 Å². The fourth-order valence-electron chi connectivity index (χ4n) is 5.14. The van der Waals surface area contributed by atoms with Gasteiger partial charge in [-0.3, -0.25) is 0 Å². The second-order valence-corrected chi connectivity index (χ2v) is 9.94. The van der Waals surface area contributed by atoms with Gasteiger partial charge in [-0.2, -0.15) is 0 Å². The maximum absolute atomic E-state index is 15.2. The fraction of sp³-hybridized carbons (Fsp3) is 0.406. The molecule has 0 amide bonds. The molecule has 1 aliphatic rings. The lowest BCUT2D eigenvalue weighted by molar-refractivity contribution is 0.0193. The number of unbranched alkanes of at least 4 members (excludes halogenated alkanes) is 2. The zero-order chi connectivity index (χ0) is 27.1. The summed E-state index contributed by atoms with van der Waals surface area (Å²) >= 11 is 0. The molecule has 3 nitrogen and oxygen atoms in total. The standard InChI is InChI=1S/C32H35F3O3/c1-3-5-6-7-21-8-10-22(11-9-21)26-17-18-27(31(35)30(26)34)23-12-15-25(16-13-23)38-32(36)24-14-19-29(37-4-2)28(33)20-24/h8-11,14,17-20,23,25H,3-7,12-13,15-16H2,1-2H3. The Morgan fingerprint density at radius 3 is 2.26 bits per heavy atom. The predicted molar refractivity (Wildman–Crippen MR) is 143 cm³/mol. The van der Waals surface area contributed by atoms with Crippen molar-refractivity contribution in [3.8, 4) is 16.9 Å². The summed E-state index contributed by atoms with van der Waals surface area (Å²) in [7, 11) is 0. The Morgan fingerprint density at radius 2 is 1.61 bits per heavy atom. The summed E-state index contributed by atoms with van der Waals surface area (Å²) in [5.41, 5.74) is 2.60. The lowest BCUT2D eigenvalue weighted by atomic mass is 9.82. The lowest BCUT2D eigenvalue weighted by Crippen LogP contribution is -2.24. The molecule has 38 heavy (non-hydrogen) atoms. The number of rotatable bonds is 10. The first-order chi connectivity index (χ1) is 18.4. The van der Waals surface area contributed by atoms with Gasteiger partial charge in [0.15, 0.2) is 23.2 Å². The van der Waals surface area contributed by atoms with Gasteiger partial charge < -0.3 is 9.47 Å². The largest absolute Gasteiger partial charge is 0.491 e. The number of hydrogen-bond donors (Lipinski definition) is 0. The molecule has 0 spiro atoms. The van der Waals surface area contributed by atoms with Crippen LogP contribution in [-0.2, 0) is 11.2 Å². The van der Waals surface area contributed by atoms with E-state index in [1.807, 2.05) is 24.3 Å². The monoisotopic (exact) mass is 524 g/mol. The highest BCUT2D eigenvalue weighted by atomic mass is 19.2. The summed E-state index contributed by atoms with van der Waals surface area (Å²) < 4.78 is 55.1. The molecule has 0 heterocycles. The third-order valence-electron chi connectivity index (χ3n) is 7.30. The third-order valence-corrected chi connectivity index (χ3v) is 7.30. The Balaban J connectivity index is 1.36. The van der Waals surface area contributed by atoms with E-state index in [0.29, 0.717) is 43.4 Å². The molecule has 0 saturated heterocycles. The second-order valence-electron chi connectivity index (χ2n) is 9.94. The summed E-state index contributed by atoms with van der Waals surface area (Å²) in [5.74, 6) is -2.92. The summed E-state index contributed by atoms with van der Waals surface area (Å²) in [4.78, 5) is 12.5. The van der Waals surface area contributed by atoms with E-state index in [4.69, 9.17) is 9.47 Å². The van der Waals surface area contributed by atoms with Gasteiger partial charge in [-0.1, -0.05) is 56.2 Å². The number of ether oxygens (including phenoxy) is 2. The third kappa shape index (κ3) is 6.58. The van der Waals surface area contributed by atoms with Gasteiger partial charge in [-0.15, -0.1) is 0 Å². The number of hydrogen-bond acceptors (Lipinski definition) is 3. The van der Waals surface area contributed by atoms with Crippen LogP contribution in [0.5, 0.6) is 5.75 Å². The Kier molecular flexibility index (Phi) is 9.48. The van der Waals surface area contributed by atoms with E-state index in [1.165, 1.54) is 24.1 Å². The minimum Gasteiger partial charge on any atom is -0.491 e. The first kappa shape index (κ1) is 27.7. The van der Waals surface area contributed by atoms with Crippen molar-refractivity contribution in [3.05, 3.63) is 88.7 Å². The van der Waals surface area contributed by atoms with Crippen molar-refractivity contribution >= 4 is 5.97 Å². The maximum Gasteiger partial charge on any atom is 0.338 e. The average Bonchev–Trinajstić information content (AvgIpc) is 2.92. The van der Waals surface area contributed by atoms with E-state index in [0.717, 1.165) is 25.3 Å². The highest BCUT2D eigenvalue weighted by Crippen LogP contribution is 2.38. The number of esters is 1. The van der Waals surface area contributed by atoms with Crippen LogP contribution in [0.15, 0.2) is 54.6 Å². The van der Waals surface area contributed by atoms with Gasteiger partial charge in [0.05, 0.1) is 12.2 Å². The van der Waals surface area contributed by atoms with Gasteiger partial charge >= 0.3 is 5.97 Å². The Bertz CT molecular complexity index is 1230. The van der Waals surface area contributed by atoms with Crippen molar-refractivity contribution in [1.82, 2.24) is 0 Å². The van der Waals surface area contributed by atoms with Crippen LogP contribution in [0.25, 0.3) is 11.1 Å². The highest BCUT2D eigenvalue weighted by Gasteiger charge is 2.28. The molecule has 0 unspecified atom stereocenters. The molecule has 0 N–H and O–H groups in total. The number of benzene rings is 3. The van der Waals surface area contributed by atoms with Crippen LogP contribution in [0.4, 0.5) is 13.2 Å². The SMILES string of the molecule is CCCCCc1ccc(-c2ccc(C3CCC(OC(=O)c4ccc(OCC)c(F)c4)CC3)c(F)c2F)cc1. The predicted octanol–water partition coefficient (Wildman–Crippen LogP) is 8.79. The van der Waals surface area contributed by atoms with Crippen LogP contribution >= 0.6 is 0 Å². The van der Waals surface area contributed by atoms with Crippen LogP contribution in [-0.4, -0.2) is 18.7 Å². The molecule has 3 aromatic carbocycles. The molecule has 3 aromatic rings. The summed E-state index contributed by atoms with van der Waals surface area (Å²) in [6.45, 7) is 4.24. The van der Waals surface area contributed by atoms with Gasteiger partial charge in [0, 0.05) is 5.56 Å². The van der Waals surface area contributed by atoms with Crippen LogP contribution < -0.4 is 4.74 Å². The molecule has 6 heteroatoms. The Morgan fingerprint density at radius 1 is 0.868 bits per heavy atom. The summed E-state index contributed by atoms with van der Waals surface area (Å²) in [5, 5.41) is 0. The van der Waals surface area contributed by atoms with Gasteiger partial charge in [-0.05, 0) is 86.3 Å². The average molecular weight is 525 g/mol. The van der Waals surface area contributed by atoms with E-state index < -0.39 is 23.4 Å². The zero-order valence-electron chi connectivity index (χ0n) is 22.1. The van der Waals surface area contributed by atoms with Crippen LogP contribution in [0.2, 0.25) is 0 Å². The van der Waals surface area contributed by atoms with Crippen molar-refractivity contribution in [2.75, 3.05) is 6.61 Å². The molecular formula is C32H35F3O3.